The van der Waals surface area contributed by atoms with Gasteiger partial charge in [-0.3, -0.25) is 9.48 Å². The molecule has 1 fully saturated rings. The van der Waals surface area contributed by atoms with E-state index in [1.807, 2.05) is 29.1 Å². The van der Waals surface area contributed by atoms with Gasteiger partial charge in [0.1, 0.15) is 0 Å². The SMILES string of the molecule is CC(C)n1cc2cc(NC(=O)C[C@@H]3CCC[C@H]3N)ccc2n1.Cl. The van der Waals surface area contributed by atoms with Crippen molar-refractivity contribution in [2.24, 2.45) is 11.7 Å². The number of hydrogen-bond acceptors (Lipinski definition) is 3. The summed E-state index contributed by atoms with van der Waals surface area (Å²) in [5.74, 6) is 0.380. The number of halogens is 1. The van der Waals surface area contributed by atoms with Crippen LogP contribution in [0.15, 0.2) is 24.4 Å². The number of rotatable bonds is 4. The monoisotopic (exact) mass is 336 g/mol. The number of hydrogen-bond donors (Lipinski definition) is 2. The molecule has 1 aliphatic rings. The smallest absolute Gasteiger partial charge is 0.224 e. The minimum Gasteiger partial charge on any atom is -0.327 e. The van der Waals surface area contributed by atoms with E-state index < -0.39 is 0 Å². The van der Waals surface area contributed by atoms with Gasteiger partial charge in [0.15, 0.2) is 0 Å². The van der Waals surface area contributed by atoms with Crippen molar-refractivity contribution >= 4 is 34.9 Å². The van der Waals surface area contributed by atoms with Crippen LogP contribution in [0.1, 0.15) is 45.6 Å². The Hall–Kier alpha value is -1.59. The van der Waals surface area contributed by atoms with Crippen molar-refractivity contribution in [1.82, 2.24) is 9.78 Å². The predicted octanol–water partition coefficient (Wildman–Crippen LogP) is 3.50. The molecule has 0 spiro atoms. The summed E-state index contributed by atoms with van der Waals surface area (Å²) in [4.78, 5) is 12.2. The molecule has 0 unspecified atom stereocenters. The first-order valence-electron chi connectivity index (χ1n) is 8.07. The van der Waals surface area contributed by atoms with Crippen molar-refractivity contribution < 1.29 is 4.79 Å². The lowest BCUT2D eigenvalue weighted by molar-refractivity contribution is -0.117. The summed E-state index contributed by atoms with van der Waals surface area (Å²) in [6.07, 6.45) is 5.78. The second kappa shape index (κ2) is 7.32. The molecule has 126 valence electrons. The molecule has 3 N–H and O–H groups in total. The molecule has 2 aromatic rings. The normalized spacial score (nSPS) is 20.7. The second-order valence-electron chi connectivity index (χ2n) is 6.58. The number of benzene rings is 1. The van der Waals surface area contributed by atoms with E-state index in [1.54, 1.807) is 0 Å². The molecule has 3 rings (SSSR count). The van der Waals surface area contributed by atoms with Crippen molar-refractivity contribution in [3.8, 4) is 0 Å². The van der Waals surface area contributed by atoms with Crippen LogP contribution in [0.2, 0.25) is 0 Å². The lowest BCUT2D eigenvalue weighted by atomic mass is 10.00. The highest BCUT2D eigenvalue weighted by Gasteiger charge is 2.26. The summed E-state index contributed by atoms with van der Waals surface area (Å²) in [5.41, 5.74) is 7.81. The highest BCUT2D eigenvalue weighted by molar-refractivity contribution is 5.93. The molecule has 0 bridgehead atoms. The molecule has 1 aromatic carbocycles. The Balaban J connectivity index is 0.00000192. The predicted molar refractivity (Wildman–Crippen MR) is 95.9 cm³/mol. The van der Waals surface area contributed by atoms with Crippen LogP contribution in [-0.4, -0.2) is 21.7 Å². The highest BCUT2D eigenvalue weighted by atomic mass is 35.5. The minimum absolute atomic E-state index is 0. The molecule has 6 heteroatoms. The summed E-state index contributed by atoms with van der Waals surface area (Å²) >= 11 is 0. The number of amides is 1. The first-order chi connectivity index (χ1) is 10.5. The van der Waals surface area contributed by atoms with Gasteiger partial charge in [-0.15, -0.1) is 12.4 Å². The van der Waals surface area contributed by atoms with E-state index >= 15 is 0 Å². The van der Waals surface area contributed by atoms with Crippen LogP contribution in [0.3, 0.4) is 0 Å². The zero-order valence-corrected chi connectivity index (χ0v) is 14.5. The van der Waals surface area contributed by atoms with Crippen molar-refractivity contribution in [3.05, 3.63) is 24.4 Å². The summed E-state index contributed by atoms with van der Waals surface area (Å²) in [6.45, 7) is 4.19. The zero-order valence-electron chi connectivity index (χ0n) is 13.7. The Bertz CT molecular complexity index is 682. The van der Waals surface area contributed by atoms with Crippen LogP contribution in [-0.2, 0) is 4.79 Å². The van der Waals surface area contributed by atoms with Gasteiger partial charge in [-0.25, -0.2) is 0 Å². The minimum atomic E-state index is 0. The summed E-state index contributed by atoms with van der Waals surface area (Å²) in [7, 11) is 0. The number of nitrogens with one attached hydrogen (secondary N) is 1. The third kappa shape index (κ3) is 4.03. The number of carbonyl (C=O) groups is 1. The van der Waals surface area contributed by atoms with Crippen molar-refractivity contribution in [3.63, 3.8) is 0 Å². The van der Waals surface area contributed by atoms with Gasteiger partial charge in [0.2, 0.25) is 5.91 Å². The van der Waals surface area contributed by atoms with E-state index in [-0.39, 0.29) is 24.4 Å². The van der Waals surface area contributed by atoms with Crippen molar-refractivity contribution in [2.75, 3.05) is 5.32 Å². The van der Waals surface area contributed by atoms with Gasteiger partial charge in [-0.05, 0) is 50.8 Å². The lowest BCUT2D eigenvalue weighted by Gasteiger charge is -2.14. The fourth-order valence-corrected chi connectivity index (χ4v) is 3.16. The molecule has 2 atom stereocenters. The van der Waals surface area contributed by atoms with E-state index in [4.69, 9.17) is 5.73 Å². The zero-order chi connectivity index (χ0) is 15.7. The number of nitrogens with two attached hydrogens (primary N) is 1. The summed E-state index contributed by atoms with van der Waals surface area (Å²) in [6, 6.07) is 6.34. The standard InChI is InChI=1S/C17H24N4O.ClH/c1-11(2)21-10-13-8-14(6-7-16(13)20-21)19-17(22)9-12-4-3-5-15(12)18;/h6-8,10-12,15H,3-5,9,18H2,1-2H3,(H,19,22);1H/t12-,15+;/m0./s1. The molecule has 1 saturated carbocycles. The second-order valence-corrected chi connectivity index (χ2v) is 6.58. The molecule has 1 heterocycles. The Morgan fingerprint density at radius 3 is 2.87 bits per heavy atom. The highest BCUT2D eigenvalue weighted by Crippen LogP contribution is 2.27. The Morgan fingerprint density at radius 1 is 1.43 bits per heavy atom. The third-order valence-corrected chi connectivity index (χ3v) is 4.50. The molecule has 1 aromatic heterocycles. The molecule has 23 heavy (non-hydrogen) atoms. The molecular formula is C17H25ClN4O. The van der Waals surface area contributed by atoms with Gasteiger partial charge in [0, 0.05) is 35.8 Å². The van der Waals surface area contributed by atoms with Gasteiger partial charge in [0.05, 0.1) is 5.52 Å². The quantitative estimate of drug-likeness (QED) is 0.897. The number of aromatic nitrogens is 2. The van der Waals surface area contributed by atoms with E-state index in [0.29, 0.717) is 18.4 Å². The topological polar surface area (TPSA) is 72.9 Å². The van der Waals surface area contributed by atoms with Crippen LogP contribution >= 0.6 is 12.4 Å². The molecule has 5 nitrogen and oxygen atoms in total. The maximum absolute atomic E-state index is 12.2. The molecule has 1 aliphatic carbocycles. The van der Waals surface area contributed by atoms with Crippen LogP contribution < -0.4 is 11.1 Å². The summed E-state index contributed by atoms with van der Waals surface area (Å²) in [5, 5.41) is 8.55. The molecule has 0 radical (unpaired) electrons. The molecule has 0 aliphatic heterocycles. The third-order valence-electron chi connectivity index (χ3n) is 4.50. The average molecular weight is 337 g/mol. The van der Waals surface area contributed by atoms with Gasteiger partial charge < -0.3 is 11.1 Å². The Labute approximate surface area is 143 Å². The van der Waals surface area contributed by atoms with E-state index in [2.05, 4.69) is 24.3 Å². The van der Waals surface area contributed by atoms with Crippen LogP contribution in [0, 0.1) is 5.92 Å². The van der Waals surface area contributed by atoms with E-state index in [1.165, 1.54) is 0 Å². The van der Waals surface area contributed by atoms with Gasteiger partial charge in [-0.2, -0.15) is 5.10 Å². The number of carbonyl (C=O) groups excluding carboxylic acids is 1. The number of anilines is 1. The van der Waals surface area contributed by atoms with Gasteiger partial charge in [-0.1, -0.05) is 6.42 Å². The Morgan fingerprint density at radius 2 is 2.22 bits per heavy atom. The van der Waals surface area contributed by atoms with E-state index in [9.17, 15) is 4.79 Å². The van der Waals surface area contributed by atoms with Crippen LogP contribution in [0.25, 0.3) is 10.9 Å². The number of nitrogens with zero attached hydrogens (tertiary/aromatic N) is 2. The summed E-state index contributed by atoms with van der Waals surface area (Å²) < 4.78 is 1.94. The molecule has 0 saturated heterocycles. The van der Waals surface area contributed by atoms with Crippen LogP contribution in [0.4, 0.5) is 5.69 Å². The van der Waals surface area contributed by atoms with Gasteiger partial charge >= 0.3 is 0 Å². The first kappa shape index (κ1) is 17.8. The maximum atomic E-state index is 12.2. The van der Waals surface area contributed by atoms with E-state index in [0.717, 1.165) is 35.9 Å². The lowest BCUT2D eigenvalue weighted by Crippen LogP contribution is -2.28. The fourth-order valence-electron chi connectivity index (χ4n) is 3.16. The number of fused-ring (bicyclic) bond motifs is 1. The fraction of sp³-hybridized carbons (Fsp3) is 0.529. The maximum Gasteiger partial charge on any atom is 0.224 e. The van der Waals surface area contributed by atoms with Crippen molar-refractivity contribution in [2.45, 2.75) is 51.6 Å². The van der Waals surface area contributed by atoms with Gasteiger partial charge in [0.25, 0.3) is 0 Å². The molecular weight excluding hydrogens is 312 g/mol. The Kier molecular flexibility index (Phi) is 5.65. The average Bonchev–Trinajstić information content (AvgIpc) is 3.05. The molecule has 1 amide bonds. The van der Waals surface area contributed by atoms with Crippen LogP contribution in [0.5, 0.6) is 0 Å². The first-order valence-corrected chi connectivity index (χ1v) is 8.07. The largest absolute Gasteiger partial charge is 0.327 e. The van der Waals surface area contributed by atoms with Crippen molar-refractivity contribution in [1.29, 1.82) is 0 Å².